The van der Waals surface area contributed by atoms with Crippen molar-refractivity contribution < 1.29 is 0 Å². The zero-order valence-corrected chi connectivity index (χ0v) is 11.5. The number of aryl methyl sites for hydroxylation is 2. The summed E-state index contributed by atoms with van der Waals surface area (Å²) in [5.41, 5.74) is 3.26. The largest absolute Gasteiger partial charge is 0.237 e. The molecular formula is C15H23N3. The van der Waals surface area contributed by atoms with Crippen LogP contribution in [0.5, 0.6) is 0 Å². The maximum Gasteiger partial charge on any atom is 0.155 e. The smallest absolute Gasteiger partial charge is 0.155 e. The first-order chi connectivity index (χ1) is 8.79. The van der Waals surface area contributed by atoms with Crippen LogP contribution in [0.2, 0.25) is 0 Å². The molecule has 2 aromatic rings. The van der Waals surface area contributed by atoms with Gasteiger partial charge in [-0.3, -0.25) is 0 Å². The van der Waals surface area contributed by atoms with Crippen molar-refractivity contribution in [1.82, 2.24) is 14.6 Å². The molecule has 0 aliphatic carbocycles. The van der Waals surface area contributed by atoms with E-state index in [4.69, 9.17) is 0 Å². The molecular weight excluding hydrogens is 222 g/mol. The Bertz CT molecular complexity index is 487. The second-order valence-corrected chi connectivity index (χ2v) is 5.07. The molecule has 18 heavy (non-hydrogen) atoms. The lowest BCUT2D eigenvalue weighted by Gasteiger charge is -2.02. The Morgan fingerprint density at radius 1 is 1.11 bits per heavy atom. The molecule has 0 spiro atoms. The van der Waals surface area contributed by atoms with Crippen LogP contribution >= 0.6 is 0 Å². The van der Waals surface area contributed by atoms with E-state index in [9.17, 15) is 0 Å². The average molecular weight is 245 g/mol. The van der Waals surface area contributed by atoms with Crippen molar-refractivity contribution >= 4 is 5.65 Å². The molecule has 2 aromatic heterocycles. The standard InChI is InChI=1S/C15H23N3/c1-3-4-5-6-7-8-9-14-11-16-15-10-13(2)17-18(15)12-14/h10-12H,3-9H2,1-2H3. The summed E-state index contributed by atoms with van der Waals surface area (Å²) < 4.78 is 1.89. The van der Waals surface area contributed by atoms with Crippen LogP contribution in [0.15, 0.2) is 18.5 Å². The lowest BCUT2D eigenvalue weighted by Crippen LogP contribution is -1.95. The van der Waals surface area contributed by atoms with Gasteiger partial charge in [-0.1, -0.05) is 39.0 Å². The fourth-order valence-corrected chi connectivity index (χ4v) is 2.27. The van der Waals surface area contributed by atoms with Crippen LogP contribution in [0.1, 0.15) is 56.7 Å². The first kappa shape index (κ1) is 13.1. The van der Waals surface area contributed by atoms with Gasteiger partial charge in [0.05, 0.1) is 5.69 Å². The average Bonchev–Trinajstić information content (AvgIpc) is 2.73. The number of hydrogen-bond donors (Lipinski definition) is 0. The Morgan fingerprint density at radius 2 is 1.89 bits per heavy atom. The molecule has 0 N–H and O–H groups in total. The van der Waals surface area contributed by atoms with Crippen molar-refractivity contribution in [2.75, 3.05) is 0 Å². The van der Waals surface area contributed by atoms with Crippen LogP contribution in [-0.4, -0.2) is 14.6 Å². The minimum absolute atomic E-state index is 0.944. The Kier molecular flexibility index (Phi) is 4.73. The van der Waals surface area contributed by atoms with Crippen molar-refractivity contribution in [3.05, 3.63) is 29.7 Å². The van der Waals surface area contributed by atoms with Crippen molar-refractivity contribution in [2.24, 2.45) is 0 Å². The molecule has 98 valence electrons. The molecule has 0 amide bonds. The third-order valence-corrected chi connectivity index (χ3v) is 3.31. The van der Waals surface area contributed by atoms with Gasteiger partial charge in [0.15, 0.2) is 5.65 Å². The normalized spacial score (nSPS) is 11.2. The van der Waals surface area contributed by atoms with E-state index in [1.807, 2.05) is 23.7 Å². The molecule has 3 heteroatoms. The monoisotopic (exact) mass is 245 g/mol. The minimum atomic E-state index is 0.944. The van der Waals surface area contributed by atoms with Crippen molar-refractivity contribution in [2.45, 2.75) is 58.8 Å². The molecule has 2 heterocycles. The number of rotatable bonds is 7. The van der Waals surface area contributed by atoms with Gasteiger partial charge in [-0.2, -0.15) is 5.10 Å². The fourth-order valence-electron chi connectivity index (χ4n) is 2.27. The quantitative estimate of drug-likeness (QED) is 0.692. The Hall–Kier alpha value is -1.38. The molecule has 0 fully saturated rings. The SMILES string of the molecule is CCCCCCCCc1cnc2cc(C)nn2c1. The number of unbranched alkanes of at least 4 members (excludes halogenated alkanes) is 5. The molecule has 0 aliphatic rings. The summed E-state index contributed by atoms with van der Waals surface area (Å²) in [5.74, 6) is 0. The summed E-state index contributed by atoms with van der Waals surface area (Å²) >= 11 is 0. The van der Waals surface area contributed by atoms with Gasteiger partial charge < -0.3 is 0 Å². The number of aromatic nitrogens is 3. The first-order valence-corrected chi connectivity index (χ1v) is 7.10. The van der Waals surface area contributed by atoms with Crippen LogP contribution in [0.25, 0.3) is 5.65 Å². The summed E-state index contributed by atoms with van der Waals surface area (Å²) in [6.07, 6.45) is 13.3. The van der Waals surface area contributed by atoms with Gasteiger partial charge in [0.25, 0.3) is 0 Å². The van der Waals surface area contributed by atoms with E-state index in [1.54, 1.807) is 0 Å². The van der Waals surface area contributed by atoms with Crippen molar-refractivity contribution in [3.63, 3.8) is 0 Å². The third kappa shape index (κ3) is 3.56. The summed E-state index contributed by atoms with van der Waals surface area (Å²) in [6.45, 7) is 4.26. The molecule has 0 aliphatic heterocycles. The van der Waals surface area contributed by atoms with Gasteiger partial charge in [-0.25, -0.2) is 9.50 Å². The molecule has 2 rings (SSSR count). The maximum absolute atomic E-state index is 4.43. The zero-order valence-electron chi connectivity index (χ0n) is 11.5. The summed E-state index contributed by atoms with van der Waals surface area (Å²) in [4.78, 5) is 4.43. The highest BCUT2D eigenvalue weighted by Crippen LogP contribution is 2.10. The van der Waals surface area contributed by atoms with Gasteiger partial charge in [-0.15, -0.1) is 0 Å². The highest BCUT2D eigenvalue weighted by molar-refractivity contribution is 5.38. The van der Waals surface area contributed by atoms with E-state index < -0.39 is 0 Å². The van der Waals surface area contributed by atoms with E-state index >= 15 is 0 Å². The summed E-state index contributed by atoms with van der Waals surface area (Å²) in [5, 5.41) is 4.40. The fraction of sp³-hybridized carbons (Fsp3) is 0.600. The van der Waals surface area contributed by atoms with E-state index in [0.717, 1.165) is 17.8 Å². The second-order valence-electron chi connectivity index (χ2n) is 5.07. The molecule has 3 nitrogen and oxygen atoms in total. The summed E-state index contributed by atoms with van der Waals surface area (Å²) in [6, 6.07) is 2.01. The highest BCUT2D eigenvalue weighted by atomic mass is 15.2. The Balaban J connectivity index is 1.80. The third-order valence-electron chi connectivity index (χ3n) is 3.31. The van der Waals surface area contributed by atoms with E-state index in [2.05, 4.69) is 23.2 Å². The Labute approximate surface area is 109 Å². The Morgan fingerprint density at radius 3 is 2.72 bits per heavy atom. The van der Waals surface area contributed by atoms with Crippen molar-refractivity contribution in [3.8, 4) is 0 Å². The number of fused-ring (bicyclic) bond motifs is 1. The van der Waals surface area contributed by atoms with Gasteiger partial charge in [0.1, 0.15) is 0 Å². The number of nitrogens with zero attached hydrogens (tertiary/aromatic N) is 3. The highest BCUT2D eigenvalue weighted by Gasteiger charge is 2.00. The van der Waals surface area contributed by atoms with E-state index in [0.29, 0.717) is 0 Å². The molecule has 0 bridgehead atoms. The van der Waals surface area contributed by atoms with Gasteiger partial charge in [0.2, 0.25) is 0 Å². The first-order valence-electron chi connectivity index (χ1n) is 7.10. The van der Waals surface area contributed by atoms with E-state index in [-0.39, 0.29) is 0 Å². The van der Waals surface area contributed by atoms with Crippen LogP contribution < -0.4 is 0 Å². The minimum Gasteiger partial charge on any atom is -0.237 e. The predicted molar refractivity (Wildman–Crippen MR) is 74.8 cm³/mol. The van der Waals surface area contributed by atoms with Crippen LogP contribution in [0.4, 0.5) is 0 Å². The maximum atomic E-state index is 4.43. The van der Waals surface area contributed by atoms with Gasteiger partial charge in [-0.05, 0) is 25.3 Å². The predicted octanol–water partition coefficient (Wildman–Crippen LogP) is 3.94. The van der Waals surface area contributed by atoms with Crippen LogP contribution in [0, 0.1) is 6.92 Å². The molecule has 0 radical (unpaired) electrons. The second kappa shape index (κ2) is 6.53. The van der Waals surface area contributed by atoms with Gasteiger partial charge >= 0.3 is 0 Å². The molecule has 0 unspecified atom stereocenters. The molecule has 0 atom stereocenters. The van der Waals surface area contributed by atoms with Gasteiger partial charge in [0, 0.05) is 18.5 Å². The van der Waals surface area contributed by atoms with Crippen molar-refractivity contribution in [1.29, 1.82) is 0 Å². The summed E-state index contributed by atoms with van der Waals surface area (Å²) in [7, 11) is 0. The lowest BCUT2D eigenvalue weighted by atomic mass is 10.1. The lowest BCUT2D eigenvalue weighted by molar-refractivity contribution is 0.606. The zero-order chi connectivity index (χ0) is 12.8. The number of hydrogen-bond acceptors (Lipinski definition) is 2. The topological polar surface area (TPSA) is 30.2 Å². The molecule has 0 saturated carbocycles. The van der Waals surface area contributed by atoms with E-state index in [1.165, 1.54) is 44.1 Å². The molecule has 0 saturated heterocycles. The molecule has 0 aromatic carbocycles. The van der Waals surface area contributed by atoms with Crippen LogP contribution in [0.3, 0.4) is 0 Å². The van der Waals surface area contributed by atoms with Crippen LogP contribution in [-0.2, 0) is 6.42 Å².